The topological polar surface area (TPSA) is 81.8 Å². The summed E-state index contributed by atoms with van der Waals surface area (Å²) in [7, 11) is 0. The molecule has 7 heteroatoms. The zero-order valence-corrected chi connectivity index (χ0v) is 19.7. The van der Waals surface area contributed by atoms with Crippen LogP contribution in [0.15, 0.2) is 30.3 Å². The fourth-order valence-corrected chi connectivity index (χ4v) is 6.27. The normalized spacial score (nSPS) is 31.1. The van der Waals surface area contributed by atoms with E-state index in [0.29, 0.717) is 18.8 Å². The lowest BCUT2D eigenvalue weighted by atomic mass is 9.64. The highest BCUT2D eigenvalue weighted by Crippen LogP contribution is 2.46. The number of amides is 4. The van der Waals surface area contributed by atoms with E-state index in [1.165, 1.54) is 5.56 Å². The van der Waals surface area contributed by atoms with Gasteiger partial charge in [-0.05, 0) is 49.5 Å². The number of hydrogen-bond acceptors (Lipinski definition) is 4. The van der Waals surface area contributed by atoms with Crippen LogP contribution in [0.25, 0.3) is 0 Å². The van der Waals surface area contributed by atoms with E-state index in [1.54, 1.807) is 0 Å². The molecule has 1 saturated carbocycles. The van der Waals surface area contributed by atoms with E-state index >= 15 is 0 Å². The van der Waals surface area contributed by atoms with Gasteiger partial charge in [0.05, 0.1) is 0 Å². The molecule has 2 aliphatic heterocycles. The van der Waals surface area contributed by atoms with Gasteiger partial charge < -0.3 is 10.6 Å². The van der Waals surface area contributed by atoms with Crippen LogP contribution in [0.1, 0.15) is 65.0 Å². The van der Waals surface area contributed by atoms with Gasteiger partial charge in [0, 0.05) is 25.2 Å². The fourth-order valence-electron chi connectivity index (χ4n) is 6.27. The van der Waals surface area contributed by atoms with Gasteiger partial charge in [-0.3, -0.25) is 19.4 Å². The molecule has 7 nitrogen and oxygen atoms in total. The number of carbonyl (C=O) groups is 3. The smallest absolute Gasteiger partial charge is 0.325 e. The Hall–Kier alpha value is -2.41. The first kappa shape index (κ1) is 22.8. The molecule has 174 valence electrons. The Balaban J connectivity index is 1.34. The molecule has 4 unspecified atom stereocenters. The molecule has 1 aromatic carbocycles. The molecule has 3 aliphatic rings. The van der Waals surface area contributed by atoms with E-state index in [0.717, 1.165) is 30.8 Å². The van der Waals surface area contributed by atoms with Gasteiger partial charge in [0.15, 0.2) is 0 Å². The highest BCUT2D eigenvalue weighted by Gasteiger charge is 2.56. The lowest BCUT2D eigenvalue weighted by Crippen LogP contribution is -2.54. The highest BCUT2D eigenvalue weighted by molar-refractivity contribution is 6.09. The summed E-state index contributed by atoms with van der Waals surface area (Å²) >= 11 is 0. The van der Waals surface area contributed by atoms with Crippen LogP contribution in [0, 0.1) is 11.3 Å². The van der Waals surface area contributed by atoms with Gasteiger partial charge in [-0.1, -0.05) is 51.1 Å². The minimum atomic E-state index is -0.867. The number of nitrogens with one attached hydrogen (secondary N) is 2. The van der Waals surface area contributed by atoms with E-state index in [9.17, 15) is 14.4 Å². The predicted molar refractivity (Wildman–Crippen MR) is 123 cm³/mol. The van der Waals surface area contributed by atoms with Gasteiger partial charge in [0.1, 0.15) is 12.1 Å². The number of benzene rings is 1. The molecule has 32 heavy (non-hydrogen) atoms. The van der Waals surface area contributed by atoms with E-state index in [4.69, 9.17) is 0 Å². The summed E-state index contributed by atoms with van der Waals surface area (Å²) in [5.41, 5.74) is 0.365. The van der Waals surface area contributed by atoms with Crippen LogP contribution in [0.4, 0.5) is 4.79 Å². The summed E-state index contributed by atoms with van der Waals surface area (Å²) in [6.45, 7) is 10.0. The number of carbonyl (C=O) groups excluding carboxylic acids is 3. The Morgan fingerprint density at radius 3 is 2.62 bits per heavy atom. The van der Waals surface area contributed by atoms with Crippen LogP contribution in [-0.4, -0.2) is 58.9 Å². The lowest BCUT2D eigenvalue weighted by Gasteiger charge is -2.43. The first-order valence-electron chi connectivity index (χ1n) is 11.8. The Kier molecular flexibility index (Phi) is 6.05. The van der Waals surface area contributed by atoms with Crippen LogP contribution in [0.2, 0.25) is 0 Å². The summed E-state index contributed by atoms with van der Waals surface area (Å²) in [6.07, 6.45) is 3.13. The third-order valence-corrected chi connectivity index (χ3v) is 7.34. The van der Waals surface area contributed by atoms with Gasteiger partial charge in [-0.15, -0.1) is 0 Å². The second-order valence-corrected chi connectivity index (χ2v) is 10.9. The predicted octanol–water partition coefficient (Wildman–Crippen LogP) is 3.07. The zero-order valence-electron chi connectivity index (χ0n) is 19.7. The van der Waals surface area contributed by atoms with E-state index in [1.807, 2.05) is 18.2 Å². The minimum Gasteiger partial charge on any atom is -0.350 e. The Labute approximate surface area is 190 Å². The maximum Gasteiger partial charge on any atom is 0.325 e. The Morgan fingerprint density at radius 1 is 1.22 bits per heavy atom. The van der Waals surface area contributed by atoms with Crippen molar-refractivity contribution >= 4 is 17.8 Å². The highest BCUT2D eigenvalue weighted by atomic mass is 16.2. The molecule has 4 amide bonds. The van der Waals surface area contributed by atoms with Crippen LogP contribution in [0.3, 0.4) is 0 Å². The first-order chi connectivity index (χ1) is 15.1. The van der Waals surface area contributed by atoms with Gasteiger partial charge in [0.25, 0.3) is 5.91 Å². The lowest BCUT2D eigenvalue weighted by molar-refractivity contribution is -0.137. The average Bonchev–Trinajstić information content (AvgIpc) is 3.25. The number of hydrogen-bond donors (Lipinski definition) is 2. The molecule has 1 spiro atoms. The molecule has 0 bridgehead atoms. The van der Waals surface area contributed by atoms with E-state index in [-0.39, 0.29) is 35.9 Å². The monoisotopic (exact) mass is 440 g/mol. The van der Waals surface area contributed by atoms with Crippen molar-refractivity contribution in [2.24, 2.45) is 11.3 Å². The summed E-state index contributed by atoms with van der Waals surface area (Å²) in [5, 5.41) is 5.99. The third-order valence-electron chi connectivity index (χ3n) is 7.34. The third kappa shape index (κ3) is 4.53. The molecule has 0 aromatic heterocycles. The van der Waals surface area contributed by atoms with Gasteiger partial charge in [0.2, 0.25) is 5.91 Å². The molecule has 0 radical (unpaired) electrons. The molecule has 4 rings (SSSR count). The average molecular weight is 441 g/mol. The van der Waals surface area contributed by atoms with Crippen molar-refractivity contribution < 1.29 is 14.4 Å². The zero-order chi connectivity index (χ0) is 23.1. The molecule has 1 aromatic rings. The summed E-state index contributed by atoms with van der Waals surface area (Å²) < 4.78 is 0. The molecule has 4 atom stereocenters. The van der Waals surface area contributed by atoms with Crippen LogP contribution in [0.5, 0.6) is 0 Å². The second kappa shape index (κ2) is 8.50. The molecular formula is C25H36N4O3. The summed E-state index contributed by atoms with van der Waals surface area (Å²) in [6, 6.07) is 10.2. The number of nitrogens with zero attached hydrogens (tertiary/aromatic N) is 2. The fraction of sp³-hybridized carbons (Fsp3) is 0.640. The Bertz CT molecular complexity index is 886. The van der Waals surface area contributed by atoms with Gasteiger partial charge >= 0.3 is 6.03 Å². The molecule has 2 saturated heterocycles. The van der Waals surface area contributed by atoms with Crippen molar-refractivity contribution in [2.45, 2.75) is 71.0 Å². The number of rotatable bonds is 5. The molecule has 3 fully saturated rings. The second-order valence-electron chi connectivity index (χ2n) is 10.9. The number of imide groups is 1. The van der Waals surface area contributed by atoms with Crippen LogP contribution in [-0.2, 0) is 9.59 Å². The van der Waals surface area contributed by atoms with Crippen molar-refractivity contribution in [3.05, 3.63) is 35.9 Å². The van der Waals surface area contributed by atoms with Crippen molar-refractivity contribution in [1.29, 1.82) is 0 Å². The van der Waals surface area contributed by atoms with E-state index < -0.39 is 11.6 Å². The van der Waals surface area contributed by atoms with Crippen molar-refractivity contribution in [1.82, 2.24) is 20.4 Å². The number of urea groups is 1. The molecule has 2 N–H and O–H groups in total. The summed E-state index contributed by atoms with van der Waals surface area (Å²) in [4.78, 5) is 42.1. The van der Waals surface area contributed by atoms with Crippen molar-refractivity contribution in [3.63, 3.8) is 0 Å². The standard InChI is InChI=1S/C25H36N4O3/c1-17-12-24(3,4)16-25(13-17)22(31)29(23(32)27-25)15-21(30)26-20-10-11-28(14-20)18(2)19-8-6-5-7-9-19/h5-9,17-18,20H,10-16H2,1-4H3,(H,26,30)(H,27,32). The SMILES string of the molecule is CC1CC(C)(C)CC2(C1)NC(=O)N(CC(=O)NC1CCN(C(C)c3ccccc3)C1)C2=O. The maximum atomic E-state index is 13.3. The Morgan fingerprint density at radius 2 is 1.94 bits per heavy atom. The van der Waals surface area contributed by atoms with Gasteiger partial charge in [-0.25, -0.2) is 4.79 Å². The molecule has 2 heterocycles. The first-order valence-corrected chi connectivity index (χ1v) is 11.8. The van der Waals surface area contributed by atoms with E-state index in [2.05, 4.69) is 55.4 Å². The molecule has 1 aliphatic carbocycles. The summed E-state index contributed by atoms with van der Waals surface area (Å²) in [5.74, 6) is -0.177. The molecular weight excluding hydrogens is 404 g/mol. The minimum absolute atomic E-state index is 0.0250. The van der Waals surface area contributed by atoms with Gasteiger partial charge in [-0.2, -0.15) is 0 Å². The van der Waals surface area contributed by atoms with Crippen LogP contribution < -0.4 is 10.6 Å². The van der Waals surface area contributed by atoms with Crippen LogP contribution >= 0.6 is 0 Å². The maximum absolute atomic E-state index is 13.3. The number of likely N-dealkylation sites (tertiary alicyclic amines) is 1. The largest absolute Gasteiger partial charge is 0.350 e. The van der Waals surface area contributed by atoms with Crippen molar-refractivity contribution in [2.75, 3.05) is 19.6 Å². The quantitative estimate of drug-likeness (QED) is 0.690. The van der Waals surface area contributed by atoms with Crippen molar-refractivity contribution in [3.8, 4) is 0 Å².